The van der Waals surface area contributed by atoms with Gasteiger partial charge in [-0.25, -0.2) is 9.97 Å². The highest BCUT2D eigenvalue weighted by Gasteiger charge is 2.22. The Balaban J connectivity index is 1.91. The molecule has 1 aliphatic rings. The van der Waals surface area contributed by atoms with E-state index in [4.69, 9.17) is 9.47 Å². The molecule has 0 fully saturated rings. The highest BCUT2D eigenvalue weighted by Crippen LogP contribution is 2.36. The van der Waals surface area contributed by atoms with Gasteiger partial charge >= 0.3 is 0 Å². The van der Waals surface area contributed by atoms with E-state index < -0.39 is 0 Å². The number of rotatable bonds is 5. The number of aromatic nitrogens is 3. The molecule has 0 spiro atoms. The summed E-state index contributed by atoms with van der Waals surface area (Å²) in [6.07, 6.45) is 11.3. The van der Waals surface area contributed by atoms with Crippen LogP contribution in [-0.4, -0.2) is 34.7 Å². The Labute approximate surface area is 136 Å². The van der Waals surface area contributed by atoms with Crippen LogP contribution in [0, 0.1) is 5.41 Å². The zero-order chi connectivity index (χ0) is 16.4. The Hall–Kier alpha value is -2.14. The quantitative estimate of drug-likeness (QED) is 0.793. The minimum atomic E-state index is 0.159. The van der Waals surface area contributed by atoms with Crippen molar-refractivity contribution in [1.82, 2.24) is 14.4 Å². The van der Waals surface area contributed by atoms with Crippen molar-refractivity contribution in [3.63, 3.8) is 0 Å². The lowest BCUT2D eigenvalue weighted by Crippen LogP contribution is -2.11. The Bertz CT molecular complexity index is 772. The lowest BCUT2D eigenvalue weighted by molar-refractivity contribution is 0.146. The van der Waals surface area contributed by atoms with E-state index in [1.807, 2.05) is 16.8 Å². The van der Waals surface area contributed by atoms with E-state index in [-0.39, 0.29) is 5.41 Å². The number of imidazole rings is 1. The molecule has 2 aromatic heterocycles. The summed E-state index contributed by atoms with van der Waals surface area (Å²) in [5.41, 5.74) is 3.57. The average Bonchev–Trinajstić information content (AvgIpc) is 2.93. The van der Waals surface area contributed by atoms with Crippen molar-refractivity contribution in [2.45, 2.75) is 27.2 Å². The summed E-state index contributed by atoms with van der Waals surface area (Å²) in [7, 11) is 1.65. The topological polar surface area (TPSA) is 48.7 Å². The number of fused-ring (bicyclic) bond motifs is 1. The van der Waals surface area contributed by atoms with Crippen LogP contribution in [0.5, 0.6) is 5.75 Å². The van der Waals surface area contributed by atoms with E-state index in [1.165, 1.54) is 11.1 Å². The molecular weight excluding hydrogens is 290 g/mol. The van der Waals surface area contributed by atoms with Crippen LogP contribution in [0.2, 0.25) is 0 Å². The average molecular weight is 313 g/mol. The lowest BCUT2D eigenvalue weighted by Gasteiger charge is -2.25. The normalized spacial score (nSPS) is 17.0. The fraction of sp³-hybridized carbons (Fsp3) is 0.444. The van der Waals surface area contributed by atoms with Crippen LogP contribution in [-0.2, 0) is 4.74 Å². The summed E-state index contributed by atoms with van der Waals surface area (Å²) in [6.45, 7) is 7.68. The molecule has 0 amide bonds. The van der Waals surface area contributed by atoms with Crippen molar-refractivity contribution in [3.05, 3.63) is 42.0 Å². The third-order valence-corrected chi connectivity index (χ3v) is 4.01. The highest BCUT2D eigenvalue weighted by molar-refractivity contribution is 5.78. The smallest absolute Gasteiger partial charge is 0.234 e. The number of nitrogens with zero attached hydrogens (tertiary/aromatic N) is 3. The first-order valence-electron chi connectivity index (χ1n) is 7.85. The van der Waals surface area contributed by atoms with Crippen molar-refractivity contribution in [2.24, 2.45) is 5.41 Å². The van der Waals surface area contributed by atoms with Crippen LogP contribution in [0.25, 0.3) is 11.4 Å². The van der Waals surface area contributed by atoms with Crippen LogP contribution in [0.3, 0.4) is 0 Å². The van der Waals surface area contributed by atoms with Gasteiger partial charge in [0.25, 0.3) is 0 Å². The molecule has 2 heterocycles. The van der Waals surface area contributed by atoms with Gasteiger partial charge in [-0.05, 0) is 24.3 Å². The molecule has 0 N–H and O–H groups in total. The number of hydrogen-bond acceptors (Lipinski definition) is 4. The molecule has 0 saturated carbocycles. The number of methoxy groups -OCH3 is 1. The van der Waals surface area contributed by atoms with E-state index >= 15 is 0 Å². The first-order valence-corrected chi connectivity index (χ1v) is 7.85. The number of hydrogen-bond donors (Lipinski definition) is 0. The number of ether oxygens (including phenoxy) is 2. The Morgan fingerprint density at radius 3 is 2.87 bits per heavy atom. The maximum Gasteiger partial charge on any atom is 0.234 e. The van der Waals surface area contributed by atoms with E-state index in [2.05, 4.69) is 42.9 Å². The molecule has 0 bridgehead atoms. The Morgan fingerprint density at radius 1 is 1.26 bits per heavy atom. The van der Waals surface area contributed by atoms with Crippen molar-refractivity contribution in [2.75, 3.05) is 20.3 Å². The van der Waals surface area contributed by atoms with E-state index in [1.54, 1.807) is 13.3 Å². The molecule has 0 aliphatic heterocycles. The molecule has 0 unspecified atom stereocenters. The highest BCUT2D eigenvalue weighted by atomic mass is 16.5. The monoisotopic (exact) mass is 313 g/mol. The van der Waals surface area contributed by atoms with Gasteiger partial charge < -0.3 is 9.47 Å². The van der Waals surface area contributed by atoms with E-state index in [0.29, 0.717) is 24.7 Å². The Morgan fingerprint density at radius 2 is 2.09 bits per heavy atom. The van der Waals surface area contributed by atoms with Gasteiger partial charge in [0, 0.05) is 18.9 Å². The van der Waals surface area contributed by atoms with Crippen molar-refractivity contribution in [3.8, 4) is 5.75 Å². The van der Waals surface area contributed by atoms with Crippen LogP contribution in [0.15, 0.2) is 36.3 Å². The SMILES string of the molecule is COCCOc1cnc2nc(C3=CC(C)(C)CC=C3C)cn2c1. The first kappa shape index (κ1) is 15.7. The van der Waals surface area contributed by atoms with Gasteiger partial charge in [0.2, 0.25) is 5.78 Å². The summed E-state index contributed by atoms with van der Waals surface area (Å²) < 4.78 is 12.5. The third-order valence-electron chi connectivity index (χ3n) is 4.01. The van der Waals surface area contributed by atoms with Crippen LogP contribution in [0.1, 0.15) is 32.9 Å². The minimum absolute atomic E-state index is 0.159. The molecule has 1 aliphatic carbocycles. The molecule has 3 rings (SSSR count). The van der Waals surface area contributed by atoms with Gasteiger partial charge in [-0.1, -0.05) is 26.0 Å². The van der Waals surface area contributed by atoms with Crippen molar-refractivity contribution < 1.29 is 9.47 Å². The fourth-order valence-electron chi connectivity index (χ4n) is 2.68. The standard InChI is InChI=1S/C18H23N3O2/c1-13-5-6-18(2,3)9-15(13)16-12-21-11-14(23-8-7-22-4)10-19-17(21)20-16/h5,9-12H,6-8H2,1-4H3. The van der Waals surface area contributed by atoms with Crippen LogP contribution in [0.4, 0.5) is 0 Å². The van der Waals surface area contributed by atoms with Crippen LogP contribution >= 0.6 is 0 Å². The first-order chi connectivity index (χ1) is 11.0. The molecule has 5 heteroatoms. The Kier molecular flexibility index (Phi) is 4.22. The van der Waals surface area contributed by atoms with Crippen molar-refractivity contribution >= 4 is 11.4 Å². The fourth-order valence-corrected chi connectivity index (χ4v) is 2.68. The summed E-state index contributed by atoms with van der Waals surface area (Å²) in [6, 6.07) is 0. The van der Waals surface area contributed by atoms with Gasteiger partial charge in [-0.2, -0.15) is 0 Å². The predicted molar refractivity (Wildman–Crippen MR) is 90.5 cm³/mol. The molecular formula is C18H23N3O2. The zero-order valence-electron chi connectivity index (χ0n) is 14.2. The summed E-state index contributed by atoms with van der Waals surface area (Å²) >= 11 is 0. The van der Waals surface area contributed by atoms with Gasteiger partial charge in [-0.15, -0.1) is 0 Å². The van der Waals surface area contributed by atoms with Gasteiger partial charge in [0.15, 0.2) is 5.75 Å². The predicted octanol–water partition coefficient (Wildman–Crippen LogP) is 3.51. The zero-order valence-corrected chi connectivity index (χ0v) is 14.2. The second-order valence-corrected chi connectivity index (χ2v) is 6.60. The molecule has 0 radical (unpaired) electrons. The van der Waals surface area contributed by atoms with Gasteiger partial charge in [0.05, 0.1) is 24.7 Å². The molecule has 5 nitrogen and oxygen atoms in total. The molecule has 122 valence electrons. The van der Waals surface area contributed by atoms with Gasteiger partial charge in [0.1, 0.15) is 6.61 Å². The summed E-state index contributed by atoms with van der Waals surface area (Å²) in [5, 5.41) is 0. The van der Waals surface area contributed by atoms with Crippen LogP contribution < -0.4 is 4.74 Å². The number of allylic oxidation sites excluding steroid dienone is 4. The molecule has 0 aromatic carbocycles. The summed E-state index contributed by atoms with van der Waals surface area (Å²) in [4.78, 5) is 9.03. The van der Waals surface area contributed by atoms with Crippen molar-refractivity contribution in [1.29, 1.82) is 0 Å². The second kappa shape index (κ2) is 6.16. The molecule has 0 saturated heterocycles. The maximum absolute atomic E-state index is 5.60. The second-order valence-electron chi connectivity index (χ2n) is 6.60. The molecule has 23 heavy (non-hydrogen) atoms. The largest absolute Gasteiger partial charge is 0.488 e. The molecule has 0 atom stereocenters. The third kappa shape index (κ3) is 3.45. The molecule has 2 aromatic rings. The minimum Gasteiger partial charge on any atom is -0.488 e. The van der Waals surface area contributed by atoms with E-state index in [9.17, 15) is 0 Å². The lowest BCUT2D eigenvalue weighted by atomic mass is 9.80. The maximum atomic E-state index is 5.60. The van der Waals surface area contributed by atoms with Gasteiger partial charge in [-0.3, -0.25) is 4.40 Å². The van der Waals surface area contributed by atoms with E-state index in [0.717, 1.165) is 12.1 Å². The summed E-state index contributed by atoms with van der Waals surface area (Å²) in [5.74, 6) is 1.39.